The molecule has 0 saturated carbocycles. The van der Waals surface area contributed by atoms with Crippen LogP contribution in [0.1, 0.15) is 55.7 Å². The summed E-state index contributed by atoms with van der Waals surface area (Å²) in [5, 5.41) is 13.5. The van der Waals surface area contributed by atoms with Crippen LogP contribution in [0.2, 0.25) is 10.0 Å². The summed E-state index contributed by atoms with van der Waals surface area (Å²) in [6.45, 7) is 9.63. The highest BCUT2D eigenvalue weighted by Crippen LogP contribution is 2.42. The molecule has 1 atom stereocenters. The molecule has 3 aromatic carbocycles. The van der Waals surface area contributed by atoms with Crippen molar-refractivity contribution in [1.82, 2.24) is 15.1 Å². The first-order valence-corrected chi connectivity index (χ1v) is 16.9. The normalized spacial score (nSPS) is 15.1. The lowest BCUT2D eigenvalue weighted by molar-refractivity contribution is 0.262. The van der Waals surface area contributed by atoms with Crippen LogP contribution < -0.4 is 16.0 Å². The number of hydrogen-bond donors (Lipinski definition) is 3. The van der Waals surface area contributed by atoms with E-state index in [1.807, 2.05) is 37.3 Å². The second kappa shape index (κ2) is 12.9. The Labute approximate surface area is 269 Å². The molecule has 44 heavy (non-hydrogen) atoms. The maximum absolute atomic E-state index is 14.2. The Hall–Kier alpha value is -3.37. The van der Waals surface area contributed by atoms with Crippen molar-refractivity contribution in [3.63, 3.8) is 0 Å². The average Bonchev–Trinajstić information content (AvgIpc) is 3.39. The van der Waals surface area contributed by atoms with Gasteiger partial charge in [-0.3, -0.25) is 5.32 Å². The van der Waals surface area contributed by atoms with Crippen molar-refractivity contribution in [2.45, 2.75) is 56.1 Å². The van der Waals surface area contributed by atoms with Gasteiger partial charge in [0.05, 0.1) is 26.5 Å². The number of carbonyl (C=O) groups is 1. The zero-order chi connectivity index (χ0) is 31.6. The topological polar surface area (TPSA) is 105 Å². The fourth-order valence-corrected chi connectivity index (χ4v) is 8.34. The molecule has 232 valence electrons. The van der Waals surface area contributed by atoms with Crippen molar-refractivity contribution >= 4 is 50.6 Å². The third-order valence-electron chi connectivity index (χ3n) is 7.82. The Balaban J connectivity index is 1.45. The molecule has 3 N–H and O–H groups in total. The number of carbonyl (C=O) groups excluding carboxylic acids is 1. The van der Waals surface area contributed by atoms with Gasteiger partial charge in [0.15, 0.2) is 9.84 Å². The standard InChI is InChI=1S/C33H37Cl2N5O3S/c1-21-8-11-26(12-9-21)40-30(20-29(39-40)33(2,3)4)38-32(41)37-25-7-5-6-23(18-25)31(22-14-16-36-17-15-22)44(42,43)28-19-24(34)10-13-27(28)35/h5-13,18-20,22,31,36H,14-17H2,1-4H3,(H2,37,38,41). The number of nitrogens with zero attached hydrogens (tertiary/aromatic N) is 2. The summed E-state index contributed by atoms with van der Waals surface area (Å²) in [6, 6.07) is 20.8. The van der Waals surface area contributed by atoms with Gasteiger partial charge in [0, 0.05) is 22.2 Å². The van der Waals surface area contributed by atoms with E-state index in [9.17, 15) is 13.2 Å². The van der Waals surface area contributed by atoms with Crippen molar-refractivity contribution < 1.29 is 13.2 Å². The van der Waals surface area contributed by atoms with E-state index >= 15 is 0 Å². The fraction of sp³-hybridized carbons (Fsp3) is 0.333. The molecule has 1 aliphatic rings. The van der Waals surface area contributed by atoms with E-state index in [0.29, 0.717) is 48.0 Å². The molecule has 5 rings (SSSR count). The Morgan fingerprint density at radius 2 is 1.68 bits per heavy atom. The smallest absolute Gasteiger partial charge is 0.317 e. The van der Waals surface area contributed by atoms with E-state index in [1.165, 1.54) is 12.1 Å². The summed E-state index contributed by atoms with van der Waals surface area (Å²) >= 11 is 12.6. The van der Waals surface area contributed by atoms with Gasteiger partial charge in [0.1, 0.15) is 5.82 Å². The van der Waals surface area contributed by atoms with Gasteiger partial charge in [-0.05, 0) is 86.8 Å². The van der Waals surface area contributed by atoms with Crippen LogP contribution in [0, 0.1) is 12.8 Å². The minimum absolute atomic E-state index is 0.00493. The molecule has 11 heteroatoms. The number of hydrogen-bond acceptors (Lipinski definition) is 5. The first-order chi connectivity index (χ1) is 20.8. The molecule has 4 aromatic rings. The van der Waals surface area contributed by atoms with Crippen LogP contribution in [-0.4, -0.2) is 37.3 Å². The van der Waals surface area contributed by atoms with Crippen molar-refractivity contribution in [3.05, 3.63) is 99.7 Å². The summed E-state index contributed by atoms with van der Waals surface area (Å²) in [4.78, 5) is 13.3. The molecular formula is C33H37Cl2N5O3S. The molecule has 0 aliphatic carbocycles. The summed E-state index contributed by atoms with van der Waals surface area (Å²) in [7, 11) is -3.94. The number of aryl methyl sites for hydroxylation is 1. The first kappa shape index (κ1) is 32.0. The number of rotatable bonds is 7. The maximum Gasteiger partial charge on any atom is 0.324 e. The maximum atomic E-state index is 14.2. The minimum atomic E-state index is -3.94. The lowest BCUT2D eigenvalue weighted by Gasteiger charge is -2.31. The second-order valence-corrected chi connectivity index (χ2v) is 15.1. The van der Waals surface area contributed by atoms with Gasteiger partial charge in [-0.2, -0.15) is 5.10 Å². The number of aromatic nitrogens is 2. The third kappa shape index (κ3) is 7.12. The predicted molar refractivity (Wildman–Crippen MR) is 178 cm³/mol. The highest BCUT2D eigenvalue weighted by molar-refractivity contribution is 7.91. The number of halogens is 2. The zero-order valence-electron chi connectivity index (χ0n) is 25.2. The lowest BCUT2D eigenvalue weighted by Crippen LogP contribution is -2.34. The molecule has 1 fully saturated rings. The second-order valence-electron chi connectivity index (χ2n) is 12.2. The monoisotopic (exact) mass is 653 g/mol. The summed E-state index contributed by atoms with van der Waals surface area (Å²) < 4.78 is 30.1. The largest absolute Gasteiger partial charge is 0.324 e. The lowest BCUT2D eigenvalue weighted by atomic mass is 9.90. The number of benzene rings is 3. The highest BCUT2D eigenvalue weighted by Gasteiger charge is 2.38. The number of anilines is 2. The number of piperidine rings is 1. The minimum Gasteiger partial charge on any atom is -0.317 e. The molecule has 0 radical (unpaired) electrons. The van der Waals surface area contributed by atoms with E-state index in [2.05, 4.69) is 36.7 Å². The van der Waals surface area contributed by atoms with Gasteiger partial charge in [0.25, 0.3) is 0 Å². The summed E-state index contributed by atoms with van der Waals surface area (Å²) in [5.74, 6) is 0.359. The van der Waals surface area contributed by atoms with E-state index in [-0.39, 0.29) is 21.3 Å². The van der Waals surface area contributed by atoms with Crippen LogP contribution in [0.25, 0.3) is 5.69 Å². The Morgan fingerprint density at radius 3 is 2.36 bits per heavy atom. The van der Waals surface area contributed by atoms with Crippen LogP contribution in [-0.2, 0) is 15.3 Å². The Kier molecular flexibility index (Phi) is 9.41. The molecule has 8 nitrogen and oxygen atoms in total. The molecule has 2 amide bonds. The molecule has 2 heterocycles. The van der Waals surface area contributed by atoms with Crippen molar-refractivity contribution in [1.29, 1.82) is 0 Å². The molecule has 1 aliphatic heterocycles. The molecule has 0 bridgehead atoms. The van der Waals surface area contributed by atoms with Gasteiger partial charge in [-0.25, -0.2) is 17.9 Å². The molecule has 1 aromatic heterocycles. The van der Waals surface area contributed by atoms with Crippen molar-refractivity contribution in [2.24, 2.45) is 5.92 Å². The number of amides is 2. The first-order valence-electron chi connectivity index (χ1n) is 14.6. The third-order valence-corrected chi connectivity index (χ3v) is 10.8. The average molecular weight is 655 g/mol. The quantitative estimate of drug-likeness (QED) is 0.188. The SMILES string of the molecule is Cc1ccc(-n2nc(C(C)(C)C)cc2NC(=O)Nc2cccc(C(C3CCNCC3)S(=O)(=O)c3cc(Cl)ccc3Cl)c2)cc1. The predicted octanol–water partition coefficient (Wildman–Crippen LogP) is 7.94. The Bertz CT molecular complexity index is 1760. The summed E-state index contributed by atoms with van der Waals surface area (Å²) in [6.07, 6.45) is 1.36. The van der Waals surface area contributed by atoms with Gasteiger partial charge < -0.3 is 10.6 Å². The van der Waals surface area contributed by atoms with Gasteiger partial charge in [-0.15, -0.1) is 0 Å². The van der Waals surface area contributed by atoms with Crippen LogP contribution >= 0.6 is 23.2 Å². The molecule has 1 unspecified atom stereocenters. The van der Waals surface area contributed by atoms with E-state index in [1.54, 1.807) is 35.0 Å². The van der Waals surface area contributed by atoms with E-state index in [4.69, 9.17) is 28.3 Å². The van der Waals surface area contributed by atoms with Crippen molar-refractivity contribution in [3.8, 4) is 5.69 Å². The van der Waals surface area contributed by atoms with Crippen LogP contribution in [0.5, 0.6) is 0 Å². The number of nitrogens with one attached hydrogen (secondary N) is 3. The summed E-state index contributed by atoms with van der Waals surface area (Å²) in [5.41, 5.74) is 3.56. The Morgan fingerprint density at radius 1 is 0.977 bits per heavy atom. The van der Waals surface area contributed by atoms with Crippen LogP contribution in [0.3, 0.4) is 0 Å². The van der Waals surface area contributed by atoms with Crippen LogP contribution in [0.4, 0.5) is 16.3 Å². The highest BCUT2D eigenvalue weighted by atomic mass is 35.5. The molecule has 0 spiro atoms. The zero-order valence-corrected chi connectivity index (χ0v) is 27.5. The molecular weight excluding hydrogens is 617 g/mol. The van der Waals surface area contributed by atoms with E-state index in [0.717, 1.165) is 16.9 Å². The van der Waals surface area contributed by atoms with E-state index < -0.39 is 21.1 Å². The fourth-order valence-electron chi connectivity index (χ4n) is 5.48. The number of urea groups is 1. The van der Waals surface area contributed by atoms with Gasteiger partial charge in [0.2, 0.25) is 0 Å². The van der Waals surface area contributed by atoms with Crippen molar-refractivity contribution in [2.75, 3.05) is 23.7 Å². The van der Waals surface area contributed by atoms with Crippen LogP contribution in [0.15, 0.2) is 77.7 Å². The van der Waals surface area contributed by atoms with Gasteiger partial charge in [-0.1, -0.05) is 73.8 Å². The molecule has 1 saturated heterocycles. The van der Waals surface area contributed by atoms with Gasteiger partial charge >= 0.3 is 6.03 Å². The number of sulfone groups is 1.